The standard InChI is InChI=1S/C27H30O17/c28-6-13(33)24-20(37)22(39)27(43-24)44-25-18(35)16-12(32)4-9(40-26-21(38)19(36)17(34)15(7-29)42-26)5-14(16)41-23(25)8-1-2-10(30)11(31)3-8/h1-5,13,15,17,19-22,24,26-34,36-39H,6-7H2/t13?,15-,17-,19+,20-,21-,22-,24-,26?,27+/m1/s1. The Kier molecular flexibility index (Phi) is 8.87. The third-order valence-corrected chi connectivity index (χ3v) is 7.30. The maximum atomic E-state index is 13.7. The highest BCUT2D eigenvalue weighted by molar-refractivity contribution is 5.88. The minimum atomic E-state index is -1.83. The maximum absolute atomic E-state index is 13.7. The number of phenols is 3. The van der Waals surface area contributed by atoms with Gasteiger partial charge in [-0.2, -0.15) is 0 Å². The van der Waals surface area contributed by atoms with Crippen molar-refractivity contribution in [1.82, 2.24) is 0 Å². The highest BCUT2D eigenvalue weighted by Gasteiger charge is 2.48. The molecule has 0 saturated carbocycles. The largest absolute Gasteiger partial charge is 0.507 e. The van der Waals surface area contributed by atoms with E-state index in [2.05, 4.69) is 0 Å². The van der Waals surface area contributed by atoms with Gasteiger partial charge in [0.05, 0.1) is 13.2 Å². The highest BCUT2D eigenvalue weighted by Crippen LogP contribution is 2.40. The van der Waals surface area contributed by atoms with Crippen LogP contribution < -0.4 is 14.9 Å². The third-order valence-electron chi connectivity index (χ3n) is 7.30. The van der Waals surface area contributed by atoms with Gasteiger partial charge in [0.1, 0.15) is 71.3 Å². The molecule has 0 radical (unpaired) electrons. The van der Waals surface area contributed by atoms with Crippen LogP contribution in [0.1, 0.15) is 0 Å². The van der Waals surface area contributed by atoms with Gasteiger partial charge in [0.15, 0.2) is 17.3 Å². The second-order valence-corrected chi connectivity index (χ2v) is 10.2. The molecule has 2 aliphatic rings. The lowest BCUT2D eigenvalue weighted by Gasteiger charge is -2.39. The molecule has 3 heterocycles. The zero-order valence-corrected chi connectivity index (χ0v) is 22.4. The molecule has 11 N–H and O–H groups in total. The number of aromatic hydroxyl groups is 3. The van der Waals surface area contributed by atoms with Gasteiger partial charge in [-0.3, -0.25) is 4.79 Å². The summed E-state index contributed by atoms with van der Waals surface area (Å²) in [5.74, 6) is -3.30. The van der Waals surface area contributed by atoms with E-state index in [9.17, 15) is 61.0 Å². The molecule has 0 bridgehead atoms. The Morgan fingerprint density at radius 3 is 2.11 bits per heavy atom. The Balaban J connectivity index is 1.58. The van der Waals surface area contributed by atoms with E-state index >= 15 is 0 Å². The molecule has 1 aromatic heterocycles. The molecule has 3 aromatic rings. The first-order chi connectivity index (χ1) is 20.9. The summed E-state index contributed by atoms with van der Waals surface area (Å²) in [5.41, 5.74) is -1.47. The van der Waals surface area contributed by atoms with Crippen molar-refractivity contribution in [3.05, 3.63) is 40.6 Å². The molecule has 0 aliphatic carbocycles. The van der Waals surface area contributed by atoms with Crippen LogP contribution in [0.5, 0.6) is 28.7 Å². The number of fused-ring (bicyclic) bond motifs is 1. The molecule has 5 rings (SSSR count). The van der Waals surface area contributed by atoms with Gasteiger partial charge in [-0.05, 0) is 18.2 Å². The number of benzene rings is 2. The maximum Gasteiger partial charge on any atom is 0.239 e. The van der Waals surface area contributed by atoms with Crippen LogP contribution >= 0.6 is 0 Å². The fraction of sp³-hybridized carbons (Fsp3) is 0.444. The summed E-state index contributed by atoms with van der Waals surface area (Å²) in [6.07, 6.45) is -16.7. The van der Waals surface area contributed by atoms with Crippen LogP contribution in [0.4, 0.5) is 0 Å². The van der Waals surface area contributed by atoms with Gasteiger partial charge in [-0.1, -0.05) is 0 Å². The van der Waals surface area contributed by atoms with Gasteiger partial charge < -0.3 is 79.5 Å². The van der Waals surface area contributed by atoms with Crippen molar-refractivity contribution in [3.63, 3.8) is 0 Å². The Morgan fingerprint density at radius 2 is 1.45 bits per heavy atom. The summed E-state index contributed by atoms with van der Waals surface area (Å²) < 4.78 is 27.6. The molecule has 240 valence electrons. The van der Waals surface area contributed by atoms with E-state index in [0.29, 0.717) is 0 Å². The molecule has 2 aliphatic heterocycles. The topological polar surface area (TPSA) is 290 Å². The first kappa shape index (κ1) is 31.7. The van der Waals surface area contributed by atoms with E-state index in [4.69, 9.17) is 23.4 Å². The molecular formula is C27H30O17. The van der Waals surface area contributed by atoms with Gasteiger partial charge in [-0.15, -0.1) is 0 Å². The van der Waals surface area contributed by atoms with Crippen LogP contribution in [0.3, 0.4) is 0 Å². The highest BCUT2D eigenvalue weighted by atomic mass is 16.7. The van der Waals surface area contributed by atoms with E-state index in [1.807, 2.05) is 0 Å². The summed E-state index contributed by atoms with van der Waals surface area (Å²) in [7, 11) is 0. The van der Waals surface area contributed by atoms with E-state index in [1.165, 1.54) is 6.07 Å². The molecule has 17 nitrogen and oxygen atoms in total. The first-order valence-corrected chi connectivity index (χ1v) is 13.2. The number of rotatable bonds is 8. The molecule has 44 heavy (non-hydrogen) atoms. The summed E-state index contributed by atoms with van der Waals surface area (Å²) in [5, 5.41) is 110. The molecule has 0 spiro atoms. The minimum absolute atomic E-state index is 0.0611. The van der Waals surface area contributed by atoms with Crippen LogP contribution in [0.25, 0.3) is 22.3 Å². The van der Waals surface area contributed by atoms with Gasteiger partial charge in [0.2, 0.25) is 23.8 Å². The average molecular weight is 627 g/mol. The SMILES string of the molecule is O=c1c(O[C@@H]2O[C@H](C(O)CO)[C@H](O)[C@H]2O)c(-c2ccc(O)c(O)c2)oc2cc(OC3O[C@H](CO)[C@@H](O)[C@H](O)[C@H]3O)cc(O)c12. The van der Waals surface area contributed by atoms with Crippen molar-refractivity contribution in [2.45, 2.75) is 61.4 Å². The Bertz CT molecular complexity index is 1560. The molecule has 17 heteroatoms. The van der Waals surface area contributed by atoms with Crippen molar-refractivity contribution in [3.8, 4) is 40.1 Å². The summed E-state index contributed by atoms with van der Waals surface area (Å²) in [4.78, 5) is 13.7. The number of phenolic OH excluding ortho intramolecular Hbond substituents is 3. The molecule has 2 aromatic carbocycles. The van der Waals surface area contributed by atoms with E-state index in [1.54, 1.807) is 0 Å². The van der Waals surface area contributed by atoms with E-state index in [-0.39, 0.29) is 16.9 Å². The van der Waals surface area contributed by atoms with Crippen molar-refractivity contribution >= 4 is 11.0 Å². The summed E-state index contributed by atoms with van der Waals surface area (Å²) in [6, 6.07) is 5.30. The second kappa shape index (κ2) is 12.3. The van der Waals surface area contributed by atoms with Crippen molar-refractivity contribution in [1.29, 1.82) is 0 Å². The second-order valence-electron chi connectivity index (χ2n) is 10.2. The van der Waals surface area contributed by atoms with Gasteiger partial charge in [-0.25, -0.2) is 0 Å². The average Bonchev–Trinajstić information content (AvgIpc) is 3.28. The Labute approximate surface area is 246 Å². The van der Waals surface area contributed by atoms with Crippen LogP contribution in [-0.2, 0) is 9.47 Å². The van der Waals surface area contributed by atoms with Gasteiger partial charge in [0.25, 0.3) is 0 Å². The number of hydrogen-bond acceptors (Lipinski definition) is 17. The first-order valence-electron chi connectivity index (χ1n) is 13.2. The molecular weight excluding hydrogens is 596 g/mol. The zero-order valence-electron chi connectivity index (χ0n) is 22.4. The lowest BCUT2D eigenvalue weighted by Crippen LogP contribution is -2.60. The number of hydrogen-bond donors (Lipinski definition) is 11. The van der Waals surface area contributed by atoms with E-state index < -0.39 is 114 Å². The molecule has 2 fully saturated rings. The van der Waals surface area contributed by atoms with Crippen molar-refractivity contribution in [2.24, 2.45) is 0 Å². The van der Waals surface area contributed by atoms with Crippen LogP contribution in [0.2, 0.25) is 0 Å². The zero-order chi connectivity index (χ0) is 32.0. The van der Waals surface area contributed by atoms with Crippen molar-refractivity contribution < 1.29 is 79.5 Å². The van der Waals surface area contributed by atoms with E-state index in [0.717, 1.165) is 24.3 Å². The lowest BCUT2D eigenvalue weighted by molar-refractivity contribution is -0.277. The predicted octanol–water partition coefficient (Wildman–Crippen LogP) is -3.07. The predicted molar refractivity (Wildman–Crippen MR) is 142 cm³/mol. The Morgan fingerprint density at radius 1 is 0.773 bits per heavy atom. The quantitative estimate of drug-likeness (QED) is 0.111. The number of ether oxygens (including phenoxy) is 4. The normalized spacial score (nSPS) is 31.2. The third kappa shape index (κ3) is 5.61. The molecule has 2 unspecified atom stereocenters. The lowest BCUT2D eigenvalue weighted by atomic mass is 9.99. The summed E-state index contributed by atoms with van der Waals surface area (Å²) in [6.45, 7) is -1.57. The monoisotopic (exact) mass is 626 g/mol. The molecule has 0 amide bonds. The summed E-state index contributed by atoms with van der Waals surface area (Å²) >= 11 is 0. The van der Waals surface area contributed by atoms with Crippen LogP contribution in [-0.4, -0.2) is 131 Å². The van der Waals surface area contributed by atoms with Gasteiger partial charge in [0, 0.05) is 17.7 Å². The van der Waals surface area contributed by atoms with Crippen LogP contribution in [0.15, 0.2) is 39.5 Å². The minimum Gasteiger partial charge on any atom is -0.507 e. The molecule has 2 saturated heterocycles. The Hall–Kier alpha value is -3.75. The fourth-order valence-corrected chi connectivity index (χ4v) is 4.89. The molecule has 10 atom stereocenters. The van der Waals surface area contributed by atoms with Gasteiger partial charge >= 0.3 is 0 Å². The fourth-order valence-electron chi connectivity index (χ4n) is 4.89. The van der Waals surface area contributed by atoms with Crippen molar-refractivity contribution in [2.75, 3.05) is 13.2 Å². The smallest absolute Gasteiger partial charge is 0.239 e. The number of aliphatic hydroxyl groups is 8. The number of aliphatic hydroxyl groups excluding tert-OH is 8. The van der Waals surface area contributed by atoms with Crippen LogP contribution in [0, 0.1) is 0 Å².